The van der Waals surface area contributed by atoms with Gasteiger partial charge in [0.15, 0.2) is 5.82 Å². The molecule has 32 heavy (non-hydrogen) atoms. The van der Waals surface area contributed by atoms with Crippen LogP contribution in [0.25, 0.3) is 11.5 Å². The largest absolute Gasteiger partial charge is 0.497 e. The van der Waals surface area contributed by atoms with Gasteiger partial charge in [-0.05, 0) is 38.3 Å². The van der Waals surface area contributed by atoms with E-state index in [-0.39, 0.29) is 12.5 Å². The molecule has 168 valence electrons. The van der Waals surface area contributed by atoms with E-state index in [1.807, 2.05) is 11.9 Å². The molecule has 0 aliphatic heterocycles. The first kappa shape index (κ1) is 22.9. The normalized spacial score (nSPS) is 13.1. The Morgan fingerprint density at radius 1 is 1.34 bits per heavy atom. The van der Waals surface area contributed by atoms with Crippen molar-refractivity contribution in [3.05, 3.63) is 53.8 Å². The number of hydrogen-bond donors (Lipinski definition) is 1. The van der Waals surface area contributed by atoms with Gasteiger partial charge < -0.3 is 19.7 Å². The highest BCUT2D eigenvalue weighted by Crippen LogP contribution is 2.31. The maximum Gasteiger partial charge on any atom is 0.245 e. The maximum atomic E-state index is 12.7. The summed E-state index contributed by atoms with van der Waals surface area (Å²) in [4.78, 5) is 32.5. The van der Waals surface area contributed by atoms with Crippen molar-refractivity contribution in [3.8, 4) is 17.3 Å². The number of pyridine rings is 1. The summed E-state index contributed by atoms with van der Waals surface area (Å²) in [5.41, 5.74) is 2.70. The minimum absolute atomic E-state index is 0.104. The van der Waals surface area contributed by atoms with Crippen LogP contribution in [0.5, 0.6) is 5.75 Å². The number of fused-ring (bicyclic) bond motifs is 1. The van der Waals surface area contributed by atoms with Gasteiger partial charge in [-0.1, -0.05) is 6.58 Å². The molecule has 2 aromatic rings. The number of carbonyl (C=O) groups is 1. The van der Waals surface area contributed by atoms with Crippen molar-refractivity contribution in [1.82, 2.24) is 20.3 Å². The summed E-state index contributed by atoms with van der Waals surface area (Å²) in [5, 5.41) is 2.79. The van der Waals surface area contributed by atoms with Crippen LogP contribution in [-0.4, -0.2) is 54.9 Å². The fraction of sp³-hybridized carbons (Fsp3) is 0.348. The van der Waals surface area contributed by atoms with E-state index >= 15 is 0 Å². The van der Waals surface area contributed by atoms with Crippen LogP contribution in [0.2, 0.25) is 0 Å². The van der Waals surface area contributed by atoms with Gasteiger partial charge >= 0.3 is 0 Å². The third-order valence-corrected chi connectivity index (χ3v) is 5.00. The van der Waals surface area contributed by atoms with Crippen molar-refractivity contribution < 1.29 is 14.3 Å². The summed E-state index contributed by atoms with van der Waals surface area (Å²) >= 11 is 0. The second-order valence-electron chi connectivity index (χ2n) is 7.24. The Bertz CT molecular complexity index is 1060. The highest BCUT2D eigenvalue weighted by molar-refractivity contribution is 5.84. The zero-order chi connectivity index (χ0) is 23.1. The van der Waals surface area contributed by atoms with Gasteiger partial charge in [-0.2, -0.15) is 0 Å². The Hall–Kier alpha value is -3.75. The third kappa shape index (κ3) is 5.48. The Morgan fingerprint density at radius 3 is 2.88 bits per heavy atom. The molecule has 0 bridgehead atoms. The van der Waals surface area contributed by atoms with Crippen LogP contribution in [0.3, 0.4) is 0 Å². The van der Waals surface area contributed by atoms with Gasteiger partial charge in [-0.15, -0.1) is 0 Å². The number of nitrogens with one attached hydrogen (secondary N) is 1. The summed E-state index contributed by atoms with van der Waals surface area (Å²) in [5.74, 6) is 2.53. The first-order valence-corrected chi connectivity index (χ1v) is 10.3. The number of anilines is 1. The highest BCUT2D eigenvalue weighted by Gasteiger charge is 2.23. The molecule has 0 radical (unpaired) electrons. The van der Waals surface area contributed by atoms with Crippen LogP contribution in [0.4, 0.5) is 5.82 Å². The van der Waals surface area contributed by atoms with Gasteiger partial charge in [0, 0.05) is 30.6 Å². The Balaban J connectivity index is 1.81. The van der Waals surface area contributed by atoms with Gasteiger partial charge in [-0.3, -0.25) is 9.78 Å². The number of aromatic nitrogens is 3. The lowest BCUT2D eigenvalue weighted by molar-refractivity contribution is -0.119. The molecular weight excluding hydrogens is 408 g/mol. The average Bonchev–Trinajstić information content (AvgIpc) is 3.29. The first-order chi connectivity index (χ1) is 15.4. The molecule has 9 heteroatoms. The lowest BCUT2D eigenvalue weighted by atomic mass is 10.2. The number of hydrogen-bond acceptors (Lipinski definition) is 8. The molecule has 0 saturated heterocycles. The zero-order valence-corrected chi connectivity index (χ0v) is 18.9. The van der Waals surface area contributed by atoms with E-state index in [9.17, 15) is 4.79 Å². The van der Waals surface area contributed by atoms with Gasteiger partial charge in [0.2, 0.25) is 5.91 Å². The lowest BCUT2D eigenvalue weighted by Crippen LogP contribution is -2.35. The molecule has 1 N–H and O–H groups in total. The molecule has 2 aromatic heterocycles. The number of aliphatic imine (C=N–C) groups is 1. The van der Waals surface area contributed by atoms with Gasteiger partial charge in [0.1, 0.15) is 28.8 Å². The number of rotatable bonds is 9. The van der Waals surface area contributed by atoms with Crippen LogP contribution >= 0.6 is 0 Å². The van der Waals surface area contributed by atoms with Crippen LogP contribution in [0.1, 0.15) is 24.6 Å². The van der Waals surface area contributed by atoms with E-state index in [4.69, 9.17) is 19.4 Å². The second-order valence-corrected chi connectivity index (χ2v) is 7.24. The average molecular weight is 437 g/mol. The van der Waals surface area contributed by atoms with Crippen LogP contribution in [0.15, 0.2) is 47.6 Å². The molecule has 0 spiro atoms. The second kappa shape index (κ2) is 10.5. The molecule has 0 fully saturated rings. The summed E-state index contributed by atoms with van der Waals surface area (Å²) in [6, 6.07) is 3.58. The number of allylic oxidation sites excluding steroid dienone is 2. The van der Waals surface area contributed by atoms with E-state index in [2.05, 4.69) is 21.9 Å². The number of aryl methyl sites for hydroxylation is 1. The van der Waals surface area contributed by atoms with Crippen molar-refractivity contribution in [2.75, 3.05) is 32.7 Å². The van der Waals surface area contributed by atoms with Gasteiger partial charge in [-0.25, -0.2) is 15.0 Å². The smallest absolute Gasteiger partial charge is 0.245 e. The number of nitrogens with zero attached hydrogens (tertiary/aromatic N) is 5. The lowest BCUT2D eigenvalue weighted by Gasteiger charge is -2.21. The summed E-state index contributed by atoms with van der Waals surface area (Å²) in [6.45, 7) is 5.57. The molecular formula is C23H28N6O3. The molecule has 1 aliphatic rings. The molecule has 2 heterocycles. The summed E-state index contributed by atoms with van der Waals surface area (Å²) < 4.78 is 10.3. The molecule has 0 unspecified atom stereocenters. The van der Waals surface area contributed by atoms with Crippen molar-refractivity contribution in [3.63, 3.8) is 0 Å². The molecule has 0 saturated carbocycles. The molecule has 1 amide bonds. The minimum atomic E-state index is -0.216. The predicted octanol–water partition coefficient (Wildman–Crippen LogP) is 2.68. The molecule has 0 atom stereocenters. The fourth-order valence-electron chi connectivity index (χ4n) is 3.35. The van der Waals surface area contributed by atoms with Crippen molar-refractivity contribution in [1.29, 1.82) is 0 Å². The number of ether oxygens (including phenoxy) is 2. The Kier molecular flexibility index (Phi) is 7.54. The highest BCUT2D eigenvalue weighted by atomic mass is 16.5. The van der Waals surface area contributed by atoms with Crippen LogP contribution < -0.4 is 15.0 Å². The number of methoxy groups -OCH3 is 2. The van der Waals surface area contributed by atoms with E-state index in [0.717, 1.165) is 36.3 Å². The zero-order valence-electron chi connectivity index (χ0n) is 18.9. The van der Waals surface area contributed by atoms with Crippen molar-refractivity contribution >= 4 is 17.9 Å². The maximum absolute atomic E-state index is 12.7. The predicted molar refractivity (Wildman–Crippen MR) is 124 cm³/mol. The Morgan fingerprint density at radius 2 is 2.16 bits per heavy atom. The summed E-state index contributed by atoms with van der Waals surface area (Å²) in [7, 11) is 4.95. The molecule has 1 aliphatic carbocycles. The van der Waals surface area contributed by atoms with Crippen molar-refractivity contribution in [2.24, 2.45) is 4.99 Å². The van der Waals surface area contributed by atoms with Crippen LogP contribution in [-0.2, 0) is 22.4 Å². The number of amides is 1. The van der Waals surface area contributed by atoms with Gasteiger partial charge in [0.05, 0.1) is 27.0 Å². The SMILES string of the molecule is C=C(C=N/C(=C\C)NC(=O)CN(C)c1nc(-c2cc(OC)ccn2)nc2c1CCC2)OC. The monoisotopic (exact) mass is 436 g/mol. The quantitative estimate of drug-likeness (QED) is 0.476. The molecule has 9 nitrogen and oxygen atoms in total. The number of likely N-dealkylation sites (N-methyl/N-ethyl adjacent to an activating group) is 1. The first-order valence-electron chi connectivity index (χ1n) is 10.3. The molecule has 3 rings (SSSR count). The van der Waals surface area contributed by atoms with E-state index in [1.165, 1.54) is 13.3 Å². The minimum Gasteiger partial charge on any atom is -0.497 e. The standard InChI is InChI=1S/C23H28N6O3/c1-6-20(25-13-15(2)31-4)27-21(30)14-29(3)23-17-8-7-9-18(17)26-22(28-23)19-12-16(32-5)10-11-24-19/h6,10-13H,2,7-9,14H2,1,3-5H3,(H,27,30)/b20-6+,25-13?. The Labute approximate surface area is 187 Å². The summed E-state index contributed by atoms with van der Waals surface area (Å²) in [6.07, 6.45) is 7.58. The fourth-order valence-corrected chi connectivity index (χ4v) is 3.35. The topological polar surface area (TPSA) is 102 Å². The van der Waals surface area contributed by atoms with Gasteiger partial charge in [0.25, 0.3) is 0 Å². The van der Waals surface area contributed by atoms with E-state index < -0.39 is 0 Å². The molecule has 0 aromatic carbocycles. The number of carbonyl (C=O) groups excluding carboxylic acids is 1. The third-order valence-electron chi connectivity index (χ3n) is 5.00. The van der Waals surface area contributed by atoms with E-state index in [1.54, 1.807) is 38.4 Å². The van der Waals surface area contributed by atoms with Crippen LogP contribution in [0, 0.1) is 0 Å². The van der Waals surface area contributed by atoms with Crippen molar-refractivity contribution in [2.45, 2.75) is 26.2 Å². The van der Waals surface area contributed by atoms with E-state index in [0.29, 0.717) is 28.8 Å².